The molecule has 6 heteroatoms. The Bertz CT molecular complexity index is 320. The second kappa shape index (κ2) is 7.43. The number of hydrogen-bond donors (Lipinski definition) is 0. The Labute approximate surface area is 112 Å². The van der Waals surface area contributed by atoms with Crippen molar-refractivity contribution in [2.24, 2.45) is 0 Å². The zero-order chi connectivity index (χ0) is 13.6. The molecule has 1 fully saturated rings. The van der Waals surface area contributed by atoms with Gasteiger partial charge in [-0.15, -0.1) is 0 Å². The first kappa shape index (κ1) is 15.9. The molecular formula is C12H27N3O2S. The maximum Gasteiger partial charge on any atom is 0.215 e. The van der Waals surface area contributed by atoms with Crippen molar-refractivity contribution >= 4 is 10.0 Å². The summed E-state index contributed by atoms with van der Waals surface area (Å²) in [5, 5.41) is 0. The molecule has 0 saturated carbocycles. The van der Waals surface area contributed by atoms with Gasteiger partial charge in [0, 0.05) is 32.7 Å². The molecule has 0 N–H and O–H groups in total. The van der Waals surface area contributed by atoms with Gasteiger partial charge in [-0.1, -0.05) is 20.8 Å². The summed E-state index contributed by atoms with van der Waals surface area (Å²) in [4.78, 5) is 4.44. The van der Waals surface area contributed by atoms with Crippen LogP contribution in [0, 0.1) is 0 Å². The van der Waals surface area contributed by atoms with Gasteiger partial charge >= 0.3 is 0 Å². The number of likely N-dealkylation sites (N-methyl/N-ethyl adjacent to an activating group) is 1. The summed E-state index contributed by atoms with van der Waals surface area (Å²) in [6.07, 6.45) is 0. The maximum absolute atomic E-state index is 12.2. The van der Waals surface area contributed by atoms with Crippen molar-refractivity contribution < 1.29 is 8.42 Å². The van der Waals surface area contributed by atoms with Gasteiger partial charge in [0.05, 0.1) is 5.75 Å². The lowest BCUT2D eigenvalue weighted by Crippen LogP contribution is -2.49. The molecule has 0 atom stereocenters. The fraction of sp³-hybridized carbons (Fsp3) is 1.00. The monoisotopic (exact) mass is 277 g/mol. The fourth-order valence-electron chi connectivity index (χ4n) is 2.24. The van der Waals surface area contributed by atoms with E-state index in [0.29, 0.717) is 19.6 Å². The second-order valence-electron chi connectivity index (χ2n) is 4.68. The van der Waals surface area contributed by atoms with Gasteiger partial charge in [0.1, 0.15) is 0 Å². The molecule has 0 radical (unpaired) electrons. The minimum absolute atomic E-state index is 0.251. The molecule has 1 saturated heterocycles. The van der Waals surface area contributed by atoms with Crippen LogP contribution in [0.25, 0.3) is 0 Å². The molecule has 0 aliphatic carbocycles. The molecule has 0 amide bonds. The van der Waals surface area contributed by atoms with Crippen molar-refractivity contribution in [3.05, 3.63) is 0 Å². The Balaban J connectivity index is 2.44. The summed E-state index contributed by atoms with van der Waals surface area (Å²) in [7, 11) is -3.07. The fourth-order valence-corrected chi connectivity index (χ4v) is 3.70. The molecule has 0 bridgehead atoms. The number of piperazine rings is 1. The Morgan fingerprint density at radius 3 is 2.00 bits per heavy atom. The van der Waals surface area contributed by atoms with Gasteiger partial charge in [-0.25, -0.2) is 8.42 Å². The zero-order valence-corrected chi connectivity index (χ0v) is 12.7. The van der Waals surface area contributed by atoms with Crippen LogP contribution < -0.4 is 0 Å². The van der Waals surface area contributed by atoms with Crippen molar-refractivity contribution in [1.82, 2.24) is 14.1 Å². The van der Waals surface area contributed by atoms with Gasteiger partial charge in [-0.2, -0.15) is 4.31 Å². The quantitative estimate of drug-likeness (QED) is 0.671. The van der Waals surface area contributed by atoms with Crippen LogP contribution in [-0.2, 0) is 10.0 Å². The van der Waals surface area contributed by atoms with E-state index in [1.807, 2.05) is 0 Å². The molecule has 0 unspecified atom stereocenters. The van der Waals surface area contributed by atoms with Crippen molar-refractivity contribution in [3.63, 3.8) is 0 Å². The normalized spacial score (nSPS) is 19.6. The van der Waals surface area contributed by atoms with E-state index in [9.17, 15) is 8.42 Å². The molecular weight excluding hydrogens is 250 g/mol. The Kier molecular flexibility index (Phi) is 6.55. The van der Waals surface area contributed by atoms with Gasteiger partial charge < -0.3 is 9.80 Å². The summed E-state index contributed by atoms with van der Waals surface area (Å²) in [5.74, 6) is 0.251. The smallest absolute Gasteiger partial charge is 0.215 e. The van der Waals surface area contributed by atoms with E-state index in [2.05, 4.69) is 30.6 Å². The number of nitrogens with zero attached hydrogens (tertiary/aromatic N) is 3. The van der Waals surface area contributed by atoms with E-state index in [1.54, 1.807) is 4.31 Å². The standard InChI is InChI=1S/C12H27N3O2S/c1-4-13(5-2)11-12-18(16,17)15-9-7-14(6-3)8-10-15/h4-12H2,1-3H3. The minimum atomic E-state index is -3.07. The first-order valence-electron chi connectivity index (χ1n) is 6.96. The summed E-state index contributed by atoms with van der Waals surface area (Å²) >= 11 is 0. The molecule has 1 aliphatic heterocycles. The zero-order valence-electron chi connectivity index (χ0n) is 11.9. The van der Waals surface area contributed by atoms with Crippen LogP contribution in [0.3, 0.4) is 0 Å². The lowest BCUT2D eigenvalue weighted by molar-refractivity contribution is 0.195. The van der Waals surface area contributed by atoms with E-state index in [-0.39, 0.29) is 5.75 Å². The summed E-state index contributed by atoms with van der Waals surface area (Å²) in [6, 6.07) is 0. The van der Waals surface area contributed by atoms with E-state index in [1.165, 1.54) is 0 Å². The lowest BCUT2D eigenvalue weighted by atomic mass is 10.4. The van der Waals surface area contributed by atoms with Gasteiger partial charge in [0.15, 0.2) is 0 Å². The van der Waals surface area contributed by atoms with Crippen LogP contribution in [0.15, 0.2) is 0 Å². The van der Waals surface area contributed by atoms with Crippen molar-refractivity contribution in [2.75, 3.05) is 58.1 Å². The number of sulfonamides is 1. The third-order valence-corrected chi connectivity index (χ3v) is 5.58. The molecule has 0 aromatic heterocycles. The number of rotatable bonds is 7. The lowest BCUT2D eigenvalue weighted by Gasteiger charge is -2.33. The second-order valence-corrected chi connectivity index (χ2v) is 6.76. The highest BCUT2D eigenvalue weighted by molar-refractivity contribution is 7.89. The largest absolute Gasteiger partial charge is 0.303 e. The van der Waals surface area contributed by atoms with Crippen LogP contribution in [0.1, 0.15) is 20.8 Å². The average molecular weight is 277 g/mol. The highest BCUT2D eigenvalue weighted by atomic mass is 32.2. The molecule has 108 valence electrons. The predicted octanol–water partition coefficient (Wildman–Crippen LogP) is 0.296. The Morgan fingerprint density at radius 2 is 1.56 bits per heavy atom. The third-order valence-electron chi connectivity index (χ3n) is 3.73. The Hall–Kier alpha value is -0.170. The molecule has 1 aliphatic rings. The summed E-state index contributed by atoms with van der Waals surface area (Å²) < 4.78 is 26.1. The molecule has 1 heterocycles. The first-order chi connectivity index (χ1) is 8.53. The van der Waals surface area contributed by atoms with E-state index >= 15 is 0 Å². The SMILES string of the molecule is CCN(CC)CCS(=O)(=O)N1CCN(CC)CC1. The van der Waals surface area contributed by atoms with Crippen LogP contribution in [-0.4, -0.2) is 80.6 Å². The molecule has 0 spiro atoms. The highest BCUT2D eigenvalue weighted by Gasteiger charge is 2.26. The topological polar surface area (TPSA) is 43.9 Å². The van der Waals surface area contributed by atoms with Crippen molar-refractivity contribution in [2.45, 2.75) is 20.8 Å². The third kappa shape index (κ3) is 4.50. The van der Waals surface area contributed by atoms with Crippen LogP contribution in [0.5, 0.6) is 0 Å². The molecule has 5 nitrogen and oxygen atoms in total. The summed E-state index contributed by atoms with van der Waals surface area (Å²) in [6.45, 7) is 12.7. The molecule has 0 aromatic rings. The van der Waals surface area contributed by atoms with Gasteiger partial charge in [-0.3, -0.25) is 0 Å². The van der Waals surface area contributed by atoms with Gasteiger partial charge in [0.2, 0.25) is 10.0 Å². The predicted molar refractivity (Wildman–Crippen MR) is 75.3 cm³/mol. The average Bonchev–Trinajstić information content (AvgIpc) is 2.40. The minimum Gasteiger partial charge on any atom is -0.303 e. The van der Waals surface area contributed by atoms with E-state index in [0.717, 1.165) is 32.7 Å². The molecule has 18 heavy (non-hydrogen) atoms. The van der Waals surface area contributed by atoms with Crippen molar-refractivity contribution in [1.29, 1.82) is 0 Å². The van der Waals surface area contributed by atoms with Gasteiger partial charge in [0.25, 0.3) is 0 Å². The maximum atomic E-state index is 12.2. The van der Waals surface area contributed by atoms with Gasteiger partial charge in [-0.05, 0) is 19.6 Å². The number of hydrogen-bond acceptors (Lipinski definition) is 4. The van der Waals surface area contributed by atoms with E-state index in [4.69, 9.17) is 0 Å². The Morgan fingerprint density at radius 1 is 1.00 bits per heavy atom. The highest BCUT2D eigenvalue weighted by Crippen LogP contribution is 2.08. The van der Waals surface area contributed by atoms with Crippen LogP contribution in [0.4, 0.5) is 0 Å². The first-order valence-corrected chi connectivity index (χ1v) is 8.56. The summed E-state index contributed by atoms with van der Waals surface area (Å²) in [5.41, 5.74) is 0. The molecule has 0 aromatic carbocycles. The van der Waals surface area contributed by atoms with Crippen LogP contribution >= 0.6 is 0 Å². The van der Waals surface area contributed by atoms with Crippen molar-refractivity contribution in [3.8, 4) is 0 Å². The van der Waals surface area contributed by atoms with E-state index < -0.39 is 10.0 Å². The van der Waals surface area contributed by atoms with Crippen LogP contribution in [0.2, 0.25) is 0 Å². The molecule has 1 rings (SSSR count).